The van der Waals surface area contributed by atoms with E-state index in [2.05, 4.69) is 21.8 Å². The molecule has 0 aliphatic heterocycles. The van der Waals surface area contributed by atoms with E-state index in [9.17, 15) is 8.42 Å². The molecule has 1 fully saturated rings. The van der Waals surface area contributed by atoms with Crippen molar-refractivity contribution in [3.05, 3.63) is 42.5 Å². The van der Waals surface area contributed by atoms with Crippen molar-refractivity contribution in [2.75, 3.05) is 0 Å². The standard InChI is InChI=1S/C19H28N4O2S/c1-2-3-4-6-16-9-11-19(12-10-16)26(24,25)22-17-7-5-8-18(13-17)23-14-20-21-15-23/h9-12,14-15,17-18,22H,2-8,13H2,1H3. The number of hydrogen-bond donors (Lipinski definition) is 1. The van der Waals surface area contributed by atoms with E-state index in [4.69, 9.17) is 0 Å². The minimum Gasteiger partial charge on any atom is -0.317 e. The van der Waals surface area contributed by atoms with Gasteiger partial charge in [0, 0.05) is 12.1 Å². The highest BCUT2D eigenvalue weighted by atomic mass is 32.2. The number of nitrogens with zero attached hydrogens (tertiary/aromatic N) is 3. The highest BCUT2D eigenvalue weighted by Crippen LogP contribution is 2.29. The van der Waals surface area contributed by atoms with Crippen molar-refractivity contribution in [1.29, 1.82) is 0 Å². The summed E-state index contributed by atoms with van der Waals surface area (Å²) in [5.74, 6) is 0. The molecule has 6 nitrogen and oxygen atoms in total. The number of aryl methyl sites for hydroxylation is 1. The van der Waals surface area contributed by atoms with Crippen molar-refractivity contribution in [1.82, 2.24) is 19.5 Å². The third kappa shape index (κ3) is 4.92. The summed E-state index contributed by atoms with van der Waals surface area (Å²) in [7, 11) is -3.48. The van der Waals surface area contributed by atoms with Gasteiger partial charge in [0.15, 0.2) is 0 Å². The fourth-order valence-corrected chi connectivity index (χ4v) is 4.92. The number of aromatic nitrogens is 3. The summed E-state index contributed by atoms with van der Waals surface area (Å²) < 4.78 is 30.3. The minimum atomic E-state index is -3.48. The highest BCUT2D eigenvalue weighted by Gasteiger charge is 2.27. The fourth-order valence-electron chi connectivity index (χ4n) is 3.64. The fraction of sp³-hybridized carbons (Fsp3) is 0.579. The average molecular weight is 377 g/mol. The zero-order valence-electron chi connectivity index (χ0n) is 15.3. The van der Waals surface area contributed by atoms with Crippen molar-refractivity contribution >= 4 is 10.0 Å². The normalized spacial score (nSPS) is 21.0. The molecule has 0 radical (unpaired) electrons. The van der Waals surface area contributed by atoms with Crippen LogP contribution in [-0.4, -0.2) is 29.2 Å². The van der Waals surface area contributed by atoms with E-state index < -0.39 is 10.0 Å². The molecule has 1 N–H and O–H groups in total. The number of nitrogens with one attached hydrogen (secondary N) is 1. The Morgan fingerprint density at radius 2 is 1.85 bits per heavy atom. The van der Waals surface area contributed by atoms with Gasteiger partial charge in [0.1, 0.15) is 12.7 Å². The molecule has 1 saturated carbocycles. The van der Waals surface area contributed by atoms with Gasteiger partial charge in [-0.3, -0.25) is 0 Å². The van der Waals surface area contributed by atoms with E-state index in [1.165, 1.54) is 18.4 Å². The lowest BCUT2D eigenvalue weighted by Gasteiger charge is -2.30. The van der Waals surface area contributed by atoms with Crippen LogP contribution in [0.1, 0.15) is 63.5 Å². The van der Waals surface area contributed by atoms with Gasteiger partial charge in [-0.05, 0) is 56.2 Å². The molecular weight excluding hydrogens is 348 g/mol. The first-order valence-corrected chi connectivity index (χ1v) is 11.0. The number of rotatable bonds is 8. The molecule has 7 heteroatoms. The lowest BCUT2D eigenvalue weighted by atomic mass is 9.91. The van der Waals surface area contributed by atoms with Crippen LogP contribution in [0.5, 0.6) is 0 Å². The van der Waals surface area contributed by atoms with Crippen LogP contribution in [0.3, 0.4) is 0 Å². The largest absolute Gasteiger partial charge is 0.317 e. The van der Waals surface area contributed by atoms with Crippen LogP contribution < -0.4 is 4.72 Å². The Balaban J connectivity index is 1.61. The Hall–Kier alpha value is -1.73. The molecule has 3 rings (SSSR count). The zero-order chi connectivity index (χ0) is 18.4. The topological polar surface area (TPSA) is 76.9 Å². The van der Waals surface area contributed by atoms with Gasteiger partial charge in [-0.1, -0.05) is 31.9 Å². The lowest BCUT2D eigenvalue weighted by molar-refractivity contribution is 0.305. The number of benzene rings is 1. The van der Waals surface area contributed by atoms with Crippen molar-refractivity contribution in [3.8, 4) is 0 Å². The van der Waals surface area contributed by atoms with Crippen LogP contribution in [0, 0.1) is 0 Å². The summed E-state index contributed by atoms with van der Waals surface area (Å²) in [6.07, 6.45) is 11.6. The van der Waals surface area contributed by atoms with Gasteiger partial charge in [-0.25, -0.2) is 13.1 Å². The Labute approximate surface area is 156 Å². The third-order valence-corrected chi connectivity index (χ3v) is 6.67. The first-order valence-electron chi connectivity index (χ1n) is 9.54. The molecule has 1 heterocycles. The summed E-state index contributed by atoms with van der Waals surface area (Å²) in [4.78, 5) is 0.350. The van der Waals surface area contributed by atoms with Crippen LogP contribution in [0.2, 0.25) is 0 Å². The number of hydrogen-bond acceptors (Lipinski definition) is 4. The summed E-state index contributed by atoms with van der Waals surface area (Å²) in [5.41, 5.74) is 1.20. The molecule has 0 amide bonds. The highest BCUT2D eigenvalue weighted by molar-refractivity contribution is 7.89. The molecule has 2 atom stereocenters. The van der Waals surface area contributed by atoms with E-state index in [0.717, 1.165) is 38.5 Å². The monoisotopic (exact) mass is 376 g/mol. The van der Waals surface area contributed by atoms with Gasteiger partial charge >= 0.3 is 0 Å². The molecule has 1 aliphatic carbocycles. The molecule has 0 bridgehead atoms. The van der Waals surface area contributed by atoms with Crippen LogP contribution >= 0.6 is 0 Å². The lowest BCUT2D eigenvalue weighted by Crippen LogP contribution is -2.38. The maximum atomic E-state index is 12.7. The second-order valence-electron chi connectivity index (χ2n) is 7.15. The third-order valence-electron chi connectivity index (χ3n) is 5.13. The molecular formula is C19H28N4O2S. The van der Waals surface area contributed by atoms with Gasteiger partial charge < -0.3 is 4.57 Å². The molecule has 142 valence electrons. The van der Waals surface area contributed by atoms with E-state index in [1.54, 1.807) is 24.8 Å². The van der Waals surface area contributed by atoms with Crippen molar-refractivity contribution < 1.29 is 8.42 Å². The van der Waals surface area contributed by atoms with Gasteiger partial charge in [-0.15, -0.1) is 10.2 Å². The molecule has 2 aromatic rings. The van der Waals surface area contributed by atoms with E-state index >= 15 is 0 Å². The molecule has 26 heavy (non-hydrogen) atoms. The van der Waals surface area contributed by atoms with Crippen molar-refractivity contribution in [2.24, 2.45) is 0 Å². The maximum Gasteiger partial charge on any atom is 0.240 e. The number of sulfonamides is 1. The van der Waals surface area contributed by atoms with Gasteiger partial charge in [-0.2, -0.15) is 0 Å². The van der Waals surface area contributed by atoms with Gasteiger partial charge in [0.05, 0.1) is 4.90 Å². The Morgan fingerprint density at radius 1 is 1.12 bits per heavy atom. The Bertz CT molecular complexity index is 772. The molecule has 0 saturated heterocycles. The second kappa shape index (κ2) is 8.77. The number of unbranched alkanes of at least 4 members (excludes halogenated alkanes) is 2. The van der Waals surface area contributed by atoms with Gasteiger partial charge in [0.25, 0.3) is 0 Å². The summed E-state index contributed by atoms with van der Waals surface area (Å²) in [6.45, 7) is 2.18. The second-order valence-corrected chi connectivity index (χ2v) is 8.86. The zero-order valence-corrected chi connectivity index (χ0v) is 16.2. The molecule has 0 spiro atoms. The first-order chi connectivity index (χ1) is 12.6. The maximum absolute atomic E-state index is 12.7. The van der Waals surface area contributed by atoms with Crippen molar-refractivity contribution in [3.63, 3.8) is 0 Å². The summed E-state index contributed by atoms with van der Waals surface area (Å²) >= 11 is 0. The van der Waals surface area contributed by atoms with E-state index in [-0.39, 0.29) is 12.1 Å². The summed E-state index contributed by atoms with van der Waals surface area (Å²) in [6, 6.07) is 7.53. The summed E-state index contributed by atoms with van der Waals surface area (Å²) in [5, 5.41) is 7.71. The van der Waals surface area contributed by atoms with Crippen molar-refractivity contribution in [2.45, 2.75) is 75.3 Å². The molecule has 1 aliphatic rings. The average Bonchev–Trinajstić information content (AvgIpc) is 3.17. The smallest absolute Gasteiger partial charge is 0.240 e. The SMILES string of the molecule is CCCCCc1ccc(S(=O)(=O)NC2CCCC(n3cnnc3)C2)cc1. The van der Waals surface area contributed by atoms with E-state index in [1.807, 2.05) is 16.7 Å². The van der Waals surface area contributed by atoms with Gasteiger partial charge in [0.2, 0.25) is 10.0 Å². The predicted molar refractivity (Wildman–Crippen MR) is 101 cm³/mol. The first kappa shape index (κ1) is 19.0. The molecule has 2 unspecified atom stereocenters. The predicted octanol–water partition coefficient (Wildman–Crippen LogP) is 3.47. The quantitative estimate of drug-likeness (QED) is 0.716. The Kier molecular flexibility index (Phi) is 6.43. The molecule has 1 aromatic heterocycles. The Morgan fingerprint density at radius 3 is 2.54 bits per heavy atom. The molecule has 1 aromatic carbocycles. The van der Waals surface area contributed by atoms with Crippen LogP contribution in [0.4, 0.5) is 0 Å². The van der Waals surface area contributed by atoms with E-state index in [0.29, 0.717) is 4.90 Å². The minimum absolute atomic E-state index is 0.0506. The van der Waals surface area contributed by atoms with Crippen LogP contribution in [-0.2, 0) is 16.4 Å². The van der Waals surface area contributed by atoms with Crippen LogP contribution in [0.15, 0.2) is 41.8 Å². The van der Waals surface area contributed by atoms with Crippen LogP contribution in [0.25, 0.3) is 0 Å².